The predicted molar refractivity (Wildman–Crippen MR) is 106 cm³/mol. The van der Waals surface area contributed by atoms with Gasteiger partial charge in [0, 0.05) is 24.7 Å². The minimum Gasteiger partial charge on any atom is -0.352 e. The molecule has 0 spiro atoms. The Morgan fingerprint density at radius 3 is 2.63 bits per heavy atom. The molecule has 2 heterocycles. The summed E-state index contributed by atoms with van der Waals surface area (Å²) in [7, 11) is -3.49. The highest BCUT2D eigenvalue weighted by Gasteiger charge is 2.30. The summed E-state index contributed by atoms with van der Waals surface area (Å²) in [6.07, 6.45) is 6.26. The molecule has 1 aromatic rings. The van der Waals surface area contributed by atoms with Gasteiger partial charge in [0.05, 0.1) is 4.90 Å². The molecule has 2 aliphatic heterocycles. The molecule has 150 valence electrons. The third kappa shape index (κ3) is 5.09. The van der Waals surface area contributed by atoms with Crippen molar-refractivity contribution in [3.8, 4) is 0 Å². The highest BCUT2D eigenvalue weighted by molar-refractivity contribution is 7.89. The monoisotopic (exact) mass is 393 g/mol. The molecular formula is C20H31N3O3S. The van der Waals surface area contributed by atoms with E-state index in [0.29, 0.717) is 24.6 Å². The Labute approximate surface area is 162 Å². The van der Waals surface area contributed by atoms with Crippen molar-refractivity contribution in [1.82, 2.24) is 14.9 Å². The first kappa shape index (κ1) is 20.3. The van der Waals surface area contributed by atoms with E-state index in [2.05, 4.69) is 10.6 Å². The molecule has 2 fully saturated rings. The smallest absolute Gasteiger partial charge is 0.251 e. The third-order valence-corrected chi connectivity index (χ3v) is 7.73. The van der Waals surface area contributed by atoms with Crippen LogP contribution < -0.4 is 10.6 Å². The van der Waals surface area contributed by atoms with Gasteiger partial charge >= 0.3 is 0 Å². The lowest BCUT2D eigenvalue weighted by molar-refractivity contribution is 0.0950. The number of hydrogen-bond donors (Lipinski definition) is 2. The normalized spacial score (nSPS) is 24.5. The van der Waals surface area contributed by atoms with Crippen LogP contribution in [-0.2, 0) is 10.0 Å². The number of hydrogen-bond acceptors (Lipinski definition) is 4. The highest BCUT2D eigenvalue weighted by Crippen LogP contribution is 2.25. The van der Waals surface area contributed by atoms with Gasteiger partial charge in [0.1, 0.15) is 0 Å². The largest absolute Gasteiger partial charge is 0.352 e. The van der Waals surface area contributed by atoms with Gasteiger partial charge in [-0.3, -0.25) is 4.79 Å². The molecule has 1 amide bonds. The van der Waals surface area contributed by atoms with Crippen LogP contribution in [0.2, 0.25) is 0 Å². The Bertz CT molecular complexity index is 727. The van der Waals surface area contributed by atoms with Crippen molar-refractivity contribution < 1.29 is 13.2 Å². The number of nitrogens with one attached hydrogen (secondary N) is 2. The molecule has 3 rings (SSSR count). The van der Waals surface area contributed by atoms with Crippen LogP contribution in [0.4, 0.5) is 0 Å². The summed E-state index contributed by atoms with van der Waals surface area (Å²) in [5.41, 5.74) is 0.502. The number of nitrogens with zero attached hydrogens (tertiary/aromatic N) is 1. The quantitative estimate of drug-likeness (QED) is 0.778. The Kier molecular flexibility index (Phi) is 6.89. The van der Waals surface area contributed by atoms with Crippen molar-refractivity contribution in [3.63, 3.8) is 0 Å². The van der Waals surface area contributed by atoms with E-state index in [4.69, 9.17) is 0 Å². The number of benzene rings is 1. The summed E-state index contributed by atoms with van der Waals surface area (Å²) in [5.74, 6) is 0.479. The molecule has 0 aromatic heterocycles. The first-order chi connectivity index (χ1) is 13.0. The van der Waals surface area contributed by atoms with Crippen molar-refractivity contribution >= 4 is 15.9 Å². The molecule has 0 bridgehead atoms. The molecule has 1 aromatic carbocycles. The van der Waals surface area contributed by atoms with Crippen molar-refractivity contribution in [2.24, 2.45) is 5.92 Å². The number of carbonyl (C=O) groups is 1. The van der Waals surface area contributed by atoms with E-state index in [-0.39, 0.29) is 16.8 Å². The van der Waals surface area contributed by atoms with E-state index in [1.165, 1.54) is 12.8 Å². The lowest BCUT2D eigenvalue weighted by Gasteiger charge is -2.32. The molecule has 2 aliphatic rings. The Morgan fingerprint density at radius 2 is 1.96 bits per heavy atom. The fourth-order valence-corrected chi connectivity index (χ4v) is 5.70. The minimum absolute atomic E-state index is 0.0287. The number of carbonyl (C=O) groups excluding carboxylic acids is 1. The number of amides is 1. The summed E-state index contributed by atoms with van der Waals surface area (Å²) in [6.45, 7) is 5.30. The molecule has 6 nitrogen and oxygen atoms in total. The maximum Gasteiger partial charge on any atom is 0.251 e. The minimum atomic E-state index is -3.49. The van der Waals surface area contributed by atoms with Gasteiger partial charge in [0.25, 0.3) is 5.91 Å². The standard InChI is InChI=1S/C20H31N3O3S/c1-16-5-2-3-14-23(16)27(25,26)19-9-7-18(8-10-19)20(24)22-13-11-17-6-4-12-21-15-17/h7-10,16-17,21H,2-6,11-15H2,1H3,(H,22,24). The van der Waals surface area contributed by atoms with E-state index in [1.54, 1.807) is 28.6 Å². The van der Waals surface area contributed by atoms with E-state index in [9.17, 15) is 13.2 Å². The van der Waals surface area contributed by atoms with Crippen LogP contribution in [0.5, 0.6) is 0 Å². The molecular weight excluding hydrogens is 362 g/mol. The third-order valence-electron chi connectivity index (χ3n) is 5.70. The summed E-state index contributed by atoms with van der Waals surface area (Å²) < 4.78 is 27.3. The van der Waals surface area contributed by atoms with Crippen LogP contribution in [0, 0.1) is 5.92 Å². The number of piperidine rings is 2. The van der Waals surface area contributed by atoms with Gasteiger partial charge < -0.3 is 10.6 Å². The summed E-state index contributed by atoms with van der Waals surface area (Å²) in [5, 5.41) is 6.33. The van der Waals surface area contributed by atoms with Crippen LogP contribution in [0.15, 0.2) is 29.2 Å². The second-order valence-corrected chi connectivity index (χ2v) is 9.63. The zero-order chi connectivity index (χ0) is 19.3. The molecule has 0 aliphatic carbocycles. The zero-order valence-electron chi connectivity index (χ0n) is 16.1. The lowest BCUT2D eigenvalue weighted by Crippen LogP contribution is -2.41. The van der Waals surface area contributed by atoms with Crippen molar-refractivity contribution in [3.05, 3.63) is 29.8 Å². The molecule has 0 radical (unpaired) electrons. The van der Waals surface area contributed by atoms with Gasteiger partial charge in [-0.25, -0.2) is 8.42 Å². The average molecular weight is 394 g/mol. The zero-order valence-corrected chi connectivity index (χ0v) is 16.9. The first-order valence-electron chi connectivity index (χ1n) is 10.1. The lowest BCUT2D eigenvalue weighted by atomic mass is 9.96. The molecule has 2 atom stereocenters. The fraction of sp³-hybridized carbons (Fsp3) is 0.650. The SMILES string of the molecule is CC1CCCCN1S(=O)(=O)c1ccc(C(=O)NCCC2CCCNC2)cc1. The first-order valence-corrected chi connectivity index (χ1v) is 11.5. The van der Waals surface area contributed by atoms with Gasteiger partial charge in [-0.15, -0.1) is 0 Å². The summed E-state index contributed by atoms with van der Waals surface area (Å²) in [6, 6.07) is 6.35. The molecule has 2 unspecified atom stereocenters. The molecule has 2 saturated heterocycles. The Morgan fingerprint density at radius 1 is 1.19 bits per heavy atom. The summed E-state index contributed by atoms with van der Waals surface area (Å²) in [4.78, 5) is 12.6. The van der Waals surface area contributed by atoms with Crippen LogP contribution in [0.25, 0.3) is 0 Å². The van der Waals surface area contributed by atoms with Gasteiger partial charge in [-0.1, -0.05) is 6.42 Å². The van der Waals surface area contributed by atoms with Crippen LogP contribution >= 0.6 is 0 Å². The second-order valence-electron chi connectivity index (χ2n) is 7.74. The van der Waals surface area contributed by atoms with Gasteiger partial charge in [-0.05, 0) is 82.3 Å². The molecule has 2 N–H and O–H groups in total. The van der Waals surface area contributed by atoms with Crippen LogP contribution in [0.1, 0.15) is 55.8 Å². The van der Waals surface area contributed by atoms with E-state index >= 15 is 0 Å². The summed E-state index contributed by atoms with van der Waals surface area (Å²) >= 11 is 0. The highest BCUT2D eigenvalue weighted by atomic mass is 32.2. The number of rotatable bonds is 6. The molecule has 27 heavy (non-hydrogen) atoms. The van der Waals surface area contributed by atoms with Crippen molar-refractivity contribution in [1.29, 1.82) is 0 Å². The second kappa shape index (κ2) is 9.17. The van der Waals surface area contributed by atoms with Gasteiger partial charge in [0.2, 0.25) is 10.0 Å². The van der Waals surface area contributed by atoms with E-state index in [1.807, 2.05) is 6.92 Å². The average Bonchev–Trinajstić information content (AvgIpc) is 2.69. The van der Waals surface area contributed by atoms with E-state index < -0.39 is 10.0 Å². The molecule has 0 saturated carbocycles. The van der Waals surface area contributed by atoms with Crippen LogP contribution in [0.3, 0.4) is 0 Å². The Balaban J connectivity index is 1.56. The van der Waals surface area contributed by atoms with Gasteiger partial charge in [0.15, 0.2) is 0 Å². The fourth-order valence-electron chi connectivity index (χ4n) is 4.00. The van der Waals surface area contributed by atoms with Crippen molar-refractivity contribution in [2.45, 2.75) is 56.4 Å². The maximum atomic E-state index is 12.8. The van der Waals surface area contributed by atoms with Crippen LogP contribution in [-0.4, -0.2) is 50.9 Å². The topological polar surface area (TPSA) is 78.5 Å². The number of sulfonamides is 1. The van der Waals surface area contributed by atoms with Crippen molar-refractivity contribution in [2.75, 3.05) is 26.2 Å². The predicted octanol–water partition coefficient (Wildman–Crippen LogP) is 2.37. The Hall–Kier alpha value is -1.44. The molecule has 7 heteroatoms. The van der Waals surface area contributed by atoms with Gasteiger partial charge in [-0.2, -0.15) is 4.31 Å². The van der Waals surface area contributed by atoms with E-state index in [0.717, 1.165) is 38.8 Å². The maximum absolute atomic E-state index is 12.8.